The molecule has 0 aromatic carbocycles. The molecule has 0 aliphatic carbocycles. The maximum absolute atomic E-state index is 11.9. The molecule has 0 radical (unpaired) electrons. The molecule has 0 aliphatic heterocycles. The van der Waals surface area contributed by atoms with Crippen LogP contribution in [0.15, 0.2) is 28.1 Å². The van der Waals surface area contributed by atoms with E-state index in [2.05, 4.69) is 32.9 Å². The molecule has 0 saturated heterocycles. The zero-order chi connectivity index (χ0) is 12.7. The van der Waals surface area contributed by atoms with Crippen molar-refractivity contribution in [2.24, 2.45) is 0 Å². The van der Waals surface area contributed by atoms with Crippen LogP contribution in [0, 0.1) is 0 Å². The van der Waals surface area contributed by atoms with Gasteiger partial charge in [0, 0.05) is 13.7 Å². The first kappa shape index (κ1) is 13.9. The minimum Gasteiger partial charge on any atom is -0.383 e. The van der Waals surface area contributed by atoms with Gasteiger partial charge in [-0.1, -0.05) is 6.08 Å². The first-order valence-corrected chi connectivity index (χ1v) is 6.09. The summed E-state index contributed by atoms with van der Waals surface area (Å²) in [5, 5.41) is 7.17. The van der Waals surface area contributed by atoms with Gasteiger partial charge in [-0.15, -0.1) is 6.58 Å². The molecule has 1 aromatic heterocycles. The minimum atomic E-state index is -0.161. The Morgan fingerprint density at radius 1 is 1.71 bits per heavy atom. The van der Waals surface area contributed by atoms with Gasteiger partial charge in [-0.2, -0.15) is 5.10 Å². The van der Waals surface area contributed by atoms with Gasteiger partial charge in [-0.3, -0.25) is 4.79 Å². The highest BCUT2D eigenvalue weighted by Crippen LogP contribution is 2.15. The Morgan fingerprint density at radius 2 is 2.47 bits per heavy atom. The Labute approximate surface area is 109 Å². The number of aromatic nitrogens is 2. The summed E-state index contributed by atoms with van der Waals surface area (Å²) in [6.45, 7) is 5.27. The number of nitrogens with one attached hydrogen (secondary N) is 1. The van der Waals surface area contributed by atoms with E-state index < -0.39 is 0 Å². The highest BCUT2D eigenvalue weighted by molar-refractivity contribution is 9.10. The Bertz CT molecular complexity index is 431. The lowest BCUT2D eigenvalue weighted by molar-refractivity contribution is 0.181. The highest BCUT2D eigenvalue weighted by atomic mass is 79.9. The fourth-order valence-electron chi connectivity index (χ4n) is 1.23. The zero-order valence-corrected chi connectivity index (χ0v) is 11.4. The number of nitrogens with zero attached hydrogens (tertiary/aromatic N) is 2. The first-order chi connectivity index (χ1) is 8.20. The molecule has 0 unspecified atom stereocenters. The molecule has 0 atom stereocenters. The molecule has 1 heterocycles. The van der Waals surface area contributed by atoms with Crippen LogP contribution in [-0.2, 0) is 11.3 Å². The number of rotatable bonds is 7. The van der Waals surface area contributed by atoms with Crippen molar-refractivity contribution in [3.63, 3.8) is 0 Å². The topological polar surface area (TPSA) is 56.1 Å². The van der Waals surface area contributed by atoms with Gasteiger partial charge >= 0.3 is 0 Å². The summed E-state index contributed by atoms with van der Waals surface area (Å²) in [6, 6.07) is 0. The molecule has 1 N–H and O–H groups in total. The summed E-state index contributed by atoms with van der Waals surface area (Å²) < 4.78 is 6.77. The molecule has 0 saturated carbocycles. The van der Waals surface area contributed by atoms with Gasteiger partial charge < -0.3 is 10.1 Å². The largest absolute Gasteiger partial charge is 0.383 e. The molecule has 94 valence electrons. The van der Waals surface area contributed by atoms with E-state index in [1.807, 2.05) is 6.08 Å². The van der Waals surface area contributed by atoms with E-state index in [0.29, 0.717) is 23.3 Å². The van der Waals surface area contributed by atoms with Crippen molar-refractivity contribution in [2.75, 3.05) is 25.6 Å². The van der Waals surface area contributed by atoms with Gasteiger partial charge in [-0.05, 0) is 22.4 Å². The SMILES string of the molecule is C=CCCNc1cnn(CCOC)c(=O)c1Br. The molecule has 0 bridgehead atoms. The van der Waals surface area contributed by atoms with E-state index in [1.54, 1.807) is 13.3 Å². The smallest absolute Gasteiger partial charge is 0.283 e. The van der Waals surface area contributed by atoms with Gasteiger partial charge in [0.05, 0.1) is 25.0 Å². The van der Waals surface area contributed by atoms with E-state index in [4.69, 9.17) is 4.74 Å². The van der Waals surface area contributed by atoms with Crippen molar-refractivity contribution in [1.29, 1.82) is 0 Å². The van der Waals surface area contributed by atoms with E-state index in [0.717, 1.165) is 13.0 Å². The Balaban J connectivity index is 2.79. The van der Waals surface area contributed by atoms with Crippen molar-refractivity contribution >= 4 is 21.6 Å². The fraction of sp³-hybridized carbons (Fsp3) is 0.455. The molecular formula is C11H16BrN3O2. The Kier molecular flexibility index (Phi) is 5.93. The lowest BCUT2D eigenvalue weighted by Crippen LogP contribution is -2.26. The van der Waals surface area contributed by atoms with E-state index in [1.165, 1.54) is 4.68 Å². The molecule has 5 nitrogen and oxygen atoms in total. The average molecular weight is 302 g/mol. The molecule has 0 spiro atoms. The molecule has 0 amide bonds. The molecule has 17 heavy (non-hydrogen) atoms. The summed E-state index contributed by atoms with van der Waals surface area (Å²) in [6.07, 6.45) is 4.28. The van der Waals surface area contributed by atoms with Crippen LogP contribution in [-0.4, -0.2) is 30.0 Å². The fourth-order valence-corrected chi connectivity index (χ4v) is 1.68. The molecular weight excluding hydrogens is 286 g/mol. The number of halogens is 1. The number of methoxy groups -OCH3 is 1. The average Bonchev–Trinajstić information content (AvgIpc) is 2.34. The highest BCUT2D eigenvalue weighted by Gasteiger charge is 2.07. The van der Waals surface area contributed by atoms with E-state index in [9.17, 15) is 4.79 Å². The number of hydrogen-bond acceptors (Lipinski definition) is 4. The minimum absolute atomic E-state index is 0.161. The molecule has 6 heteroatoms. The lowest BCUT2D eigenvalue weighted by Gasteiger charge is -2.09. The second-order valence-electron chi connectivity index (χ2n) is 3.40. The van der Waals surface area contributed by atoms with Crippen molar-refractivity contribution in [3.8, 4) is 0 Å². The second-order valence-corrected chi connectivity index (χ2v) is 4.19. The van der Waals surface area contributed by atoms with Crippen LogP contribution in [0.4, 0.5) is 5.69 Å². The van der Waals surface area contributed by atoms with Crippen LogP contribution >= 0.6 is 15.9 Å². The molecule has 1 aromatic rings. The second kappa shape index (κ2) is 7.24. The summed E-state index contributed by atoms with van der Waals surface area (Å²) in [7, 11) is 1.59. The molecule has 0 fully saturated rings. The van der Waals surface area contributed by atoms with Crippen LogP contribution < -0.4 is 10.9 Å². The summed E-state index contributed by atoms with van der Waals surface area (Å²) in [5.41, 5.74) is 0.538. The molecule has 0 aliphatic rings. The Hall–Kier alpha value is -1.14. The van der Waals surface area contributed by atoms with Gasteiger partial charge in [0.2, 0.25) is 0 Å². The number of hydrogen-bond donors (Lipinski definition) is 1. The number of anilines is 1. The summed E-state index contributed by atoms with van der Waals surface area (Å²) in [4.78, 5) is 11.9. The Morgan fingerprint density at radius 3 is 3.12 bits per heavy atom. The summed E-state index contributed by atoms with van der Waals surface area (Å²) in [5.74, 6) is 0. The third kappa shape index (κ3) is 3.98. The van der Waals surface area contributed by atoms with Crippen LogP contribution in [0.5, 0.6) is 0 Å². The van der Waals surface area contributed by atoms with Crippen molar-refractivity contribution < 1.29 is 4.74 Å². The van der Waals surface area contributed by atoms with Gasteiger partial charge in [0.1, 0.15) is 4.47 Å². The monoisotopic (exact) mass is 301 g/mol. The third-order valence-electron chi connectivity index (χ3n) is 2.16. The van der Waals surface area contributed by atoms with Crippen LogP contribution in [0.25, 0.3) is 0 Å². The van der Waals surface area contributed by atoms with Crippen LogP contribution in [0.2, 0.25) is 0 Å². The van der Waals surface area contributed by atoms with Crippen molar-refractivity contribution in [2.45, 2.75) is 13.0 Å². The maximum Gasteiger partial charge on any atom is 0.283 e. The number of ether oxygens (including phenoxy) is 1. The maximum atomic E-state index is 11.9. The van der Waals surface area contributed by atoms with Crippen LogP contribution in [0.3, 0.4) is 0 Å². The normalized spacial score (nSPS) is 10.2. The van der Waals surface area contributed by atoms with E-state index in [-0.39, 0.29) is 5.56 Å². The van der Waals surface area contributed by atoms with Gasteiger partial charge in [0.15, 0.2) is 0 Å². The van der Waals surface area contributed by atoms with Crippen LogP contribution in [0.1, 0.15) is 6.42 Å². The zero-order valence-electron chi connectivity index (χ0n) is 9.78. The standard InChI is InChI=1S/C11H16BrN3O2/c1-3-4-5-13-9-8-14-15(6-7-17-2)11(16)10(9)12/h3,8,13H,1,4-7H2,2H3. The first-order valence-electron chi connectivity index (χ1n) is 5.30. The quantitative estimate of drug-likeness (QED) is 0.614. The third-order valence-corrected chi connectivity index (χ3v) is 2.92. The van der Waals surface area contributed by atoms with Crippen molar-refractivity contribution in [3.05, 3.63) is 33.7 Å². The van der Waals surface area contributed by atoms with E-state index >= 15 is 0 Å². The van der Waals surface area contributed by atoms with Gasteiger partial charge in [0.25, 0.3) is 5.56 Å². The molecule has 1 rings (SSSR count). The predicted molar refractivity (Wildman–Crippen MR) is 71.4 cm³/mol. The summed E-state index contributed by atoms with van der Waals surface area (Å²) >= 11 is 3.27. The van der Waals surface area contributed by atoms with Gasteiger partial charge in [-0.25, -0.2) is 4.68 Å². The lowest BCUT2D eigenvalue weighted by atomic mass is 10.4. The predicted octanol–water partition coefficient (Wildman–Crippen LogP) is 1.64. The van der Waals surface area contributed by atoms with Crippen molar-refractivity contribution in [1.82, 2.24) is 9.78 Å².